The fourth-order valence-electron chi connectivity index (χ4n) is 3.29. The predicted molar refractivity (Wildman–Crippen MR) is 125 cm³/mol. The Balaban J connectivity index is 1.62. The summed E-state index contributed by atoms with van der Waals surface area (Å²) < 4.78 is 5.98. The summed E-state index contributed by atoms with van der Waals surface area (Å²) in [5.41, 5.74) is 5.12. The Morgan fingerprint density at radius 2 is 1.87 bits per heavy atom. The molecule has 0 atom stereocenters. The molecule has 7 nitrogen and oxygen atoms in total. The summed E-state index contributed by atoms with van der Waals surface area (Å²) in [6.45, 7) is 2.40. The van der Waals surface area contributed by atoms with Crippen LogP contribution in [0.5, 0.6) is 11.5 Å². The highest BCUT2D eigenvalue weighted by atomic mass is 32.1. The van der Waals surface area contributed by atoms with Crippen LogP contribution < -0.4 is 9.64 Å². The van der Waals surface area contributed by atoms with Crippen LogP contribution in [0.1, 0.15) is 11.1 Å². The van der Waals surface area contributed by atoms with E-state index in [9.17, 15) is 5.11 Å². The van der Waals surface area contributed by atoms with E-state index in [1.165, 1.54) is 13.4 Å². The maximum Gasteiger partial charge on any atom is 0.195 e. The van der Waals surface area contributed by atoms with Crippen molar-refractivity contribution in [2.45, 2.75) is 13.5 Å². The van der Waals surface area contributed by atoms with Crippen molar-refractivity contribution in [3.05, 3.63) is 59.9 Å². The number of hydrogen-bond acceptors (Lipinski definition) is 8. The molecule has 0 amide bonds. The molecule has 0 unspecified atom stereocenters. The number of aryl methyl sites for hydroxylation is 1. The second-order valence-corrected chi connectivity index (χ2v) is 8.30. The molecular weight excluding hydrogens is 410 g/mol. The number of aromatic hydroxyl groups is 1. The van der Waals surface area contributed by atoms with Gasteiger partial charge < -0.3 is 14.7 Å². The Bertz CT molecular complexity index is 1250. The fraction of sp³-hybridized carbons (Fsp3) is 0.217. The molecule has 8 heteroatoms. The molecule has 0 saturated heterocycles. The van der Waals surface area contributed by atoms with Gasteiger partial charge in [0.05, 0.1) is 19.2 Å². The molecule has 4 rings (SSSR count). The number of phenolic OH excluding ortho intramolecular Hbond substituents is 1. The lowest BCUT2D eigenvalue weighted by molar-refractivity contribution is 0.373. The molecule has 0 aliphatic rings. The van der Waals surface area contributed by atoms with E-state index in [2.05, 4.69) is 56.3 Å². The van der Waals surface area contributed by atoms with Gasteiger partial charge in [0.1, 0.15) is 11.0 Å². The number of anilines is 1. The number of azo groups is 1. The van der Waals surface area contributed by atoms with Crippen molar-refractivity contribution in [2.24, 2.45) is 10.2 Å². The molecule has 1 N–H and O–H groups in total. The van der Waals surface area contributed by atoms with Crippen LogP contribution >= 0.6 is 11.3 Å². The van der Waals surface area contributed by atoms with E-state index in [1.807, 2.05) is 20.2 Å². The lowest BCUT2D eigenvalue weighted by atomic mass is 10.1. The highest BCUT2D eigenvalue weighted by Gasteiger charge is 2.15. The van der Waals surface area contributed by atoms with Crippen LogP contribution in [0.15, 0.2) is 59.0 Å². The van der Waals surface area contributed by atoms with Crippen LogP contribution in [0.4, 0.5) is 11.5 Å². The highest BCUT2D eigenvalue weighted by Crippen LogP contribution is 2.41. The van der Waals surface area contributed by atoms with E-state index in [4.69, 9.17) is 4.74 Å². The molecule has 158 valence electrons. The number of rotatable bonds is 6. The van der Waals surface area contributed by atoms with Crippen LogP contribution in [-0.2, 0) is 6.54 Å². The molecule has 0 aliphatic carbocycles. The lowest BCUT2D eigenvalue weighted by Crippen LogP contribution is -2.07. The molecular formula is C23H23N5O2S. The highest BCUT2D eigenvalue weighted by molar-refractivity contribution is 7.23. The number of benzene rings is 2. The van der Waals surface area contributed by atoms with Crippen molar-refractivity contribution in [3.63, 3.8) is 0 Å². The van der Waals surface area contributed by atoms with Crippen molar-refractivity contribution in [3.8, 4) is 21.9 Å². The van der Waals surface area contributed by atoms with Gasteiger partial charge in [-0.2, -0.15) is 5.11 Å². The van der Waals surface area contributed by atoms with E-state index in [0.29, 0.717) is 18.1 Å². The van der Waals surface area contributed by atoms with E-state index >= 15 is 0 Å². The Kier molecular flexibility index (Phi) is 5.81. The van der Waals surface area contributed by atoms with E-state index in [0.717, 1.165) is 37.5 Å². The topological polar surface area (TPSA) is 83.2 Å². The number of methoxy groups -OCH3 is 1. The smallest absolute Gasteiger partial charge is 0.195 e. The van der Waals surface area contributed by atoms with Gasteiger partial charge in [0, 0.05) is 24.7 Å². The quantitative estimate of drug-likeness (QED) is 0.393. The van der Waals surface area contributed by atoms with Crippen LogP contribution in [0, 0.1) is 6.92 Å². The molecule has 4 aromatic rings. The molecule has 2 heterocycles. The molecule has 0 saturated carbocycles. The van der Waals surface area contributed by atoms with Crippen molar-refractivity contribution in [1.29, 1.82) is 0 Å². The molecule has 0 fully saturated rings. The number of fused-ring (bicyclic) bond motifs is 1. The first-order valence-electron chi connectivity index (χ1n) is 9.73. The monoisotopic (exact) mass is 433 g/mol. The second kappa shape index (κ2) is 8.69. The Morgan fingerprint density at radius 1 is 1.10 bits per heavy atom. The van der Waals surface area contributed by atoms with Gasteiger partial charge in [0.2, 0.25) is 0 Å². The van der Waals surface area contributed by atoms with Crippen LogP contribution in [0.2, 0.25) is 0 Å². The van der Waals surface area contributed by atoms with Gasteiger partial charge in [-0.25, -0.2) is 9.97 Å². The molecule has 31 heavy (non-hydrogen) atoms. The maximum absolute atomic E-state index is 9.92. The molecule has 2 aromatic carbocycles. The Labute approximate surface area is 184 Å². The van der Waals surface area contributed by atoms with Gasteiger partial charge in [-0.3, -0.25) is 0 Å². The van der Waals surface area contributed by atoms with Gasteiger partial charge in [-0.1, -0.05) is 18.2 Å². The summed E-state index contributed by atoms with van der Waals surface area (Å²) in [7, 11) is 5.57. The summed E-state index contributed by atoms with van der Waals surface area (Å²) in [6.07, 6.45) is 1.52. The normalized spacial score (nSPS) is 11.4. The number of phenols is 1. The summed E-state index contributed by atoms with van der Waals surface area (Å²) >= 11 is 1.62. The third-order valence-electron chi connectivity index (χ3n) is 4.99. The number of thiophene rings is 1. The zero-order valence-electron chi connectivity index (χ0n) is 17.8. The van der Waals surface area contributed by atoms with E-state index in [1.54, 1.807) is 23.5 Å². The van der Waals surface area contributed by atoms with Crippen LogP contribution in [0.3, 0.4) is 0 Å². The molecule has 2 aromatic heterocycles. The minimum Gasteiger partial charge on any atom is -0.504 e. The minimum atomic E-state index is 0.0819. The third kappa shape index (κ3) is 4.20. The minimum absolute atomic E-state index is 0.0819. The SMILES string of the molecule is COc1ccc(CN=Nc2ncnc3c(C)c(-c4ccc(N(C)C)cc4)sc23)cc1O. The van der Waals surface area contributed by atoms with Gasteiger partial charge in [-0.05, 0) is 47.9 Å². The average molecular weight is 434 g/mol. The number of aromatic nitrogens is 2. The number of hydrogen-bond donors (Lipinski definition) is 1. The summed E-state index contributed by atoms with van der Waals surface area (Å²) in [5.74, 6) is 1.06. The first kappa shape index (κ1) is 20.7. The molecule has 0 bridgehead atoms. The van der Waals surface area contributed by atoms with Gasteiger partial charge in [-0.15, -0.1) is 16.5 Å². The Morgan fingerprint density at radius 3 is 2.55 bits per heavy atom. The molecule has 0 spiro atoms. The maximum atomic E-state index is 9.92. The zero-order valence-corrected chi connectivity index (χ0v) is 18.6. The summed E-state index contributed by atoms with van der Waals surface area (Å²) in [6, 6.07) is 13.6. The average Bonchev–Trinajstić information content (AvgIpc) is 3.11. The van der Waals surface area contributed by atoms with Crippen molar-refractivity contribution < 1.29 is 9.84 Å². The molecule has 0 radical (unpaired) electrons. The Hall–Kier alpha value is -3.52. The summed E-state index contributed by atoms with van der Waals surface area (Å²) in [5, 5.41) is 18.6. The lowest BCUT2D eigenvalue weighted by Gasteiger charge is -2.12. The van der Waals surface area contributed by atoms with E-state index in [-0.39, 0.29) is 5.75 Å². The zero-order chi connectivity index (χ0) is 22.0. The first-order chi connectivity index (χ1) is 15.0. The van der Waals surface area contributed by atoms with Crippen molar-refractivity contribution >= 4 is 33.1 Å². The number of nitrogens with zero attached hydrogens (tertiary/aromatic N) is 5. The summed E-state index contributed by atoms with van der Waals surface area (Å²) in [4.78, 5) is 12.0. The van der Waals surface area contributed by atoms with Crippen LogP contribution in [-0.4, -0.2) is 36.3 Å². The first-order valence-corrected chi connectivity index (χ1v) is 10.5. The standard InChI is InChI=1S/C23H23N5O2S/c1-14-20-22(31-21(14)16-6-8-17(9-7-16)28(2)3)23(25-13-24-20)27-26-12-15-5-10-19(30-4)18(29)11-15/h5-11,13,29H,12H2,1-4H3. The fourth-order valence-corrected chi connectivity index (χ4v) is 4.48. The number of ether oxygens (including phenoxy) is 1. The van der Waals surface area contributed by atoms with E-state index < -0.39 is 0 Å². The van der Waals surface area contributed by atoms with Gasteiger partial charge in [0.15, 0.2) is 17.3 Å². The molecule has 0 aliphatic heterocycles. The van der Waals surface area contributed by atoms with Crippen LogP contribution in [0.25, 0.3) is 20.7 Å². The van der Waals surface area contributed by atoms with Gasteiger partial charge >= 0.3 is 0 Å². The third-order valence-corrected chi connectivity index (χ3v) is 6.32. The predicted octanol–water partition coefficient (Wildman–Crippen LogP) is 5.73. The van der Waals surface area contributed by atoms with Crippen molar-refractivity contribution in [2.75, 3.05) is 26.1 Å². The van der Waals surface area contributed by atoms with Crippen molar-refractivity contribution in [1.82, 2.24) is 9.97 Å². The largest absolute Gasteiger partial charge is 0.504 e. The van der Waals surface area contributed by atoms with Gasteiger partial charge in [0.25, 0.3) is 0 Å². The second-order valence-electron chi connectivity index (χ2n) is 7.28.